The number of benzene rings is 1. The van der Waals surface area contributed by atoms with Crippen LogP contribution >= 0.6 is 0 Å². The topological polar surface area (TPSA) is 78.0 Å². The van der Waals surface area contributed by atoms with Gasteiger partial charge in [0, 0.05) is 24.4 Å². The number of pyridine rings is 1. The van der Waals surface area contributed by atoms with Crippen LogP contribution in [0.15, 0.2) is 42.6 Å². The summed E-state index contributed by atoms with van der Waals surface area (Å²) < 4.78 is 16.4. The molecule has 1 aliphatic rings. The molecule has 1 aromatic heterocycles. The van der Waals surface area contributed by atoms with Crippen LogP contribution in [0.1, 0.15) is 37.9 Å². The maximum absolute atomic E-state index is 12.7. The third kappa shape index (κ3) is 4.24. The van der Waals surface area contributed by atoms with E-state index >= 15 is 0 Å². The Bertz CT molecular complexity index is 861. The monoisotopic (exact) mass is 384 g/mol. The third-order valence-corrected chi connectivity index (χ3v) is 4.28. The number of esters is 1. The number of amides is 1. The first-order chi connectivity index (χ1) is 13.3. The summed E-state index contributed by atoms with van der Waals surface area (Å²) in [5.74, 6) is 0.538. The number of fused-ring (bicyclic) bond motifs is 1. The van der Waals surface area contributed by atoms with Gasteiger partial charge in [-0.05, 0) is 44.9 Å². The maximum atomic E-state index is 12.7. The Kier molecular flexibility index (Phi) is 5.53. The van der Waals surface area contributed by atoms with Crippen LogP contribution in [0.3, 0.4) is 0 Å². The van der Waals surface area contributed by atoms with Gasteiger partial charge in [0.1, 0.15) is 11.4 Å². The minimum Gasteiger partial charge on any atom is -0.467 e. The zero-order chi connectivity index (χ0) is 20.3. The first kappa shape index (κ1) is 19.7. The molecule has 0 fully saturated rings. The van der Waals surface area contributed by atoms with E-state index in [4.69, 9.17) is 14.2 Å². The lowest BCUT2D eigenvalue weighted by Gasteiger charge is -2.36. The fourth-order valence-corrected chi connectivity index (χ4v) is 3.13. The van der Waals surface area contributed by atoms with Crippen LogP contribution in [0.25, 0.3) is 0 Å². The predicted octanol–water partition coefficient (Wildman–Crippen LogP) is 3.88. The highest BCUT2D eigenvalue weighted by Gasteiger charge is 2.39. The average molecular weight is 384 g/mol. The highest BCUT2D eigenvalue weighted by molar-refractivity contribution is 5.84. The molecule has 7 heteroatoms. The van der Waals surface area contributed by atoms with Crippen LogP contribution in [0, 0.1) is 0 Å². The predicted molar refractivity (Wildman–Crippen MR) is 102 cm³/mol. The Morgan fingerprint density at radius 1 is 1.14 bits per heavy atom. The lowest BCUT2D eigenvalue weighted by Crippen LogP contribution is -2.46. The Balaban J connectivity index is 1.97. The SMILES string of the molecule is COC(=O)[C@H]1c2cccc(Oc3ccccn3)c2CCN1C(=O)OC(C)(C)C. The zero-order valence-corrected chi connectivity index (χ0v) is 16.5. The number of aromatic nitrogens is 1. The summed E-state index contributed by atoms with van der Waals surface area (Å²) in [5, 5.41) is 0. The molecule has 148 valence electrons. The van der Waals surface area contributed by atoms with Gasteiger partial charge in [0.25, 0.3) is 0 Å². The molecule has 1 aromatic carbocycles. The summed E-state index contributed by atoms with van der Waals surface area (Å²) in [6, 6.07) is 9.91. The van der Waals surface area contributed by atoms with Crippen molar-refractivity contribution in [1.29, 1.82) is 0 Å². The summed E-state index contributed by atoms with van der Waals surface area (Å²) >= 11 is 0. The molecule has 0 N–H and O–H groups in total. The number of nitrogens with zero attached hydrogens (tertiary/aromatic N) is 2. The number of hydrogen-bond acceptors (Lipinski definition) is 6. The van der Waals surface area contributed by atoms with E-state index in [1.54, 1.807) is 51.2 Å². The Hall–Kier alpha value is -3.09. The van der Waals surface area contributed by atoms with E-state index in [9.17, 15) is 9.59 Å². The molecule has 1 aliphatic heterocycles. The van der Waals surface area contributed by atoms with E-state index in [2.05, 4.69) is 4.98 Å². The zero-order valence-electron chi connectivity index (χ0n) is 16.5. The Morgan fingerprint density at radius 2 is 1.93 bits per heavy atom. The molecule has 1 atom stereocenters. The highest BCUT2D eigenvalue weighted by atomic mass is 16.6. The fourth-order valence-electron chi connectivity index (χ4n) is 3.13. The molecule has 0 saturated carbocycles. The fraction of sp³-hybridized carbons (Fsp3) is 0.381. The van der Waals surface area contributed by atoms with Crippen molar-refractivity contribution in [3.8, 4) is 11.6 Å². The molecule has 28 heavy (non-hydrogen) atoms. The van der Waals surface area contributed by atoms with Crippen LogP contribution in [0.5, 0.6) is 11.6 Å². The first-order valence-corrected chi connectivity index (χ1v) is 9.08. The number of hydrogen-bond donors (Lipinski definition) is 0. The van der Waals surface area contributed by atoms with E-state index in [0.29, 0.717) is 30.2 Å². The summed E-state index contributed by atoms with van der Waals surface area (Å²) in [7, 11) is 1.30. The maximum Gasteiger partial charge on any atom is 0.411 e. The van der Waals surface area contributed by atoms with Crippen LogP contribution in [0.4, 0.5) is 4.79 Å². The number of ether oxygens (including phenoxy) is 3. The molecule has 2 heterocycles. The van der Waals surface area contributed by atoms with Gasteiger partial charge in [0.05, 0.1) is 7.11 Å². The van der Waals surface area contributed by atoms with Crippen molar-refractivity contribution >= 4 is 12.1 Å². The summed E-state index contributed by atoms with van der Waals surface area (Å²) in [4.78, 5) is 30.8. The van der Waals surface area contributed by atoms with E-state index in [0.717, 1.165) is 5.56 Å². The van der Waals surface area contributed by atoms with Crippen molar-refractivity contribution < 1.29 is 23.8 Å². The molecule has 0 bridgehead atoms. The number of rotatable bonds is 3. The quantitative estimate of drug-likeness (QED) is 0.748. The molecule has 2 aromatic rings. The third-order valence-electron chi connectivity index (χ3n) is 4.28. The molecule has 0 aliphatic carbocycles. The largest absolute Gasteiger partial charge is 0.467 e. The standard InChI is InChI=1S/C21H24N2O5/c1-21(2,3)28-20(25)23-13-11-14-15(18(23)19(24)26-4)8-7-9-16(14)27-17-10-5-6-12-22-17/h5-10,12,18H,11,13H2,1-4H3/t18-/m1/s1. The second kappa shape index (κ2) is 7.88. The second-order valence-corrected chi connectivity index (χ2v) is 7.44. The van der Waals surface area contributed by atoms with E-state index in [1.165, 1.54) is 12.0 Å². The lowest BCUT2D eigenvalue weighted by molar-refractivity contribution is -0.147. The van der Waals surface area contributed by atoms with Crippen molar-refractivity contribution in [3.05, 3.63) is 53.7 Å². The minimum atomic E-state index is -0.893. The molecule has 0 saturated heterocycles. The van der Waals surface area contributed by atoms with Crippen LogP contribution < -0.4 is 4.74 Å². The normalized spacial score (nSPS) is 16.1. The first-order valence-electron chi connectivity index (χ1n) is 9.08. The number of carbonyl (C=O) groups is 2. The van der Waals surface area contributed by atoms with E-state index in [1.807, 2.05) is 12.1 Å². The van der Waals surface area contributed by atoms with Gasteiger partial charge in [0.15, 0.2) is 6.04 Å². The van der Waals surface area contributed by atoms with Gasteiger partial charge in [-0.2, -0.15) is 0 Å². The Labute approximate surface area is 164 Å². The van der Waals surface area contributed by atoms with Crippen molar-refractivity contribution in [2.45, 2.75) is 38.8 Å². The van der Waals surface area contributed by atoms with Crippen molar-refractivity contribution in [3.63, 3.8) is 0 Å². The van der Waals surface area contributed by atoms with Gasteiger partial charge >= 0.3 is 12.1 Å². The highest BCUT2D eigenvalue weighted by Crippen LogP contribution is 2.37. The van der Waals surface area contributed by atoms with Gasteiger partial charge in [0.2, 0.25) is 5.88 Å². The molecule has 7 nitrogen and oxygen atoms in total. The lowest BCUT2D eigenvalue weighted by atomic mass is 9.92. The van der Waals surface area contributed by atoms with Crippen molar-refractivity contribution in [1.82, 2.24) is 9.88 Å². The van der Waals surface area contributed by atoms with Gasteiger partial charge in [-0.15, -0.1) is 0 Å². The van der Waals surface area contributed by atoms with E-state index in [-0.39, 0.29) is 0 Å². The second-order valence-electron chi connectivity index (χ2n) is 7.44. The van der Waals surface area contributed by atoms with Crippen LogP contribution in [-0.4, -0.2) is 41.2 Å². The molecule has 0 spiro atoms. The van der Waals surface area contributed by atoms with Crippen LogP contribution in [0.2, 0.25) is 0 Å². The average Bonchev–Trinajstić information content (AvgIpc) is 2.66. The molecular weight excluding hydrogens is 360 g/mol. The summed E-state index contributed by atoms with van der Waals surface area (Å²) in [6.07, 6.45) is 1.61. The van der Waals surface area contributed by atoms with Gasteiger partial charge in [-0.25, -0.2) is 14.6 Å². The molecule has 1 amide bonds. The molecule has 0 unspecified atom stereocenters. The number of methoxy groups -OCH3 is 1. The van der Waals surface area contributed by atoms with Gasteiger partial charge in [-0.3, -0.25) is 4.90 Å². The van der Waals surface area contributed by atoms with Gasteiger partial charge in [-0.1, -0.05) is 18.2 Å². The van der Waals surface area contributed by atoms with Crippen molar-refractivity contribution in [2.24, 2.45) is 0 Å². The molecular formula is C21H24N2O5. The summed E-state index contributed by atoms with van der Waals surface area (Å²) in [5.41, 5.74) is 0.850. The smallest absolute Gasteiger partial charge is 0.411 e. The van der Waals surface area contributed by atoms with E-state index < -0.39 is 23.7 Å². The molecule has 0 radical (unpaired) electrons. The number of carbonyl (C=O) groups excluding carboxylic acids is 2. The summed E-state index contributed by atoms with van der Waals surface area (Å²) in [6.45, 7) is 5.67. The van der Waals surface area contributed by atoms with Crippen LogP contribution in [-0.2, 0) is 20.7 Å². The van der Waals surface area contributed by atoms with Crippen molar-refractivity contribution in [2.75, 3.05) is 13.7 Å². The Morgan fingerprint density at radius 3 is 2.57 bits per heavy atom. The minimum absolute atomic E-state index is 0.310. The van der Waals surface area contributed by atoms with Gasteiger partial charge < -0.3 is 14.2 Å². The molecule has 3 rings (SSSR count).